The Kier molecular flexibility index (Phi) is 5.84. The summed E-state index contributed by atoms with van der Waals surface area (Å²) in [5.74, 6) is 0.532. The second kappa shape index (κ2) is 8.71. The number of benzene rings is 1. The largest absolute Gasteiger partial charge is 0.361 e. The van der Waals surface area contributed by atoms with Crippen LogP contribution in [0, 0.1) is 5.41 Å². The Morgan fingerprint density at radius 2 is 1.97 bits per heavy atom. The number of carbonyl (C=O) groups excluding carboxylic acids is 2. The van der Waals surface area contributed by atoms with E-state index in [2.05, 4.69) is 10.1 Å². The van der Waals surface area contributed by atoms with Crippen molar-refractivity contribution in [3.63, 3.8) is 0 Å². The van der Waals surface area contributed by atoms with Crippen LogP contribution in [0.2, 0.25) is 0 Å². The van der Waals surface area contributed by atoms with Crippen molar-refractivity contribution in [2.24, 2.45) is 5.41 Å². The molecule has 3 heterocycles. The first-order valence-corrected chi connectivity index (χ1v) is 10.4. The van der Waals surface area contributed by atoms with Crippen molar-refractivity contribution in [2.75, 3.05) is 27.2 Å². The number of rotatable bonds is 5. The third kappa shape index (κ3) is 4.35. The Morgan fingerprint density at radius 3 is 2.68 bits per heavy atom. The molecule has 0 saturated carbocycles. The topological polar surface area (TPSA) is 79.5 Å². The molecular formula is C24H26N4O3. The van der Waals surface area contributed by atoms with Crippen molar-refractivity contribution in [3.8, 4) is 11.3 Å². The van der Waals surface area contributed by atoms with E-state index in [0.29, 0.717) is 37.3 Å². The molecule has 1 aliphatic rings. The summed E-state index contributed by atoms with van der Waals surface area (Å²) < 4.78 is 5.62. The van der Waals surface area contributed by atoms with Crippen molar-refractivity contribution >= 4 is 11.8 Å². The first kappa shape index (κ1) is 20.8. The van der Waals surface area contributed by atoms with Gasteiger partial charge in [0.05, 0.1) is 11.0 Å². The minimum atomic E-state index is -0.757. The summed E-state index contributed by atoms with van der Waals surface area (Å²) in [5, 5.41) is 4.20. The second-order valence-corrected chi connectivity index (χ2v) is 8.27. The Bertz CT molecular complexity index is 1050. The SMILES string of the molecule is CN(C)C(=O)[C@]1(Cc2cc(-c3ccccc3)no2)CCCN(C(=O)c2cccnc2)C1. The van der Waals surface area contributed by atoms with E-state index in [9.17, 15) is 9.59 Å². The molecule has 0 radical (unpaired) electrons. The van der Waals surface area contributed by atoms with Crippen LogP contribution in [0.15, 0.2) is 65.4 Å². The first-order chi connectivity index (χ1) is 15.0. The predicted molar refractivity (Wildman–Crippen MR) is 116 cm³/mol. The van der Waals surface area contributed by atoms with Crippen LogP contribution >= 0.6 is 0 Å². The van der Waals surface area contributed by atoms with Crippen LogP contribution < -0.4 is 0 Å². The molecule has 4 rings (SSSR count). The molecule has 0 N–H and O–H groups in total. The summed E-state index contributed by atoms with van der Waals surface area (Å²) >= 11 is 0. The van der Waals surface area contributed by atoms with E-state index in [-0.39, 0.29) is 11.8 Å². The number of amides is 2. The van der Waals surface area contributed by atoms with Crippen molar-refractivity contribution < 1.29 is 14.1 Å². The molecule has 7 nitrogen and oxygen atoms in total. The quantitative estimate of drug-likeness (QED) is 0.635. The summed E-state index contributed by atoms with van der Waals surface area (Å²) in [5.41, 5.74) is 1.47. The van der Waals surface area contributed by atoms with Crippen LogP contribution in [0.3, 0.4) is 0 Å². The molecule has 1 aromatic carbocycles. The van der Waals surface area contributed by atoms with Crippen LogP contribution in [0.1, 0.15) is 29.0 Å². The number of hydrogen-bond acceptors (Lipinski definition) is 5. The van der Waals surface area contributed by atoms with Gasteiger partial charge in [0.15, 0.2) is 0 Å². The molecule has 2 amide bonds. The molecule has 7 heteroatoms. The molecule has 1 aliphatic heterocycles. The minimum Gasteiger partial charge on any atom is -0.361 e. The molecule has 1 fully saturated rings. The smallest absolute Gasteiger partial charge is 0.255 e. The fourth-order valence-corrected chi connectivity index (χ4v) is 4.32. The van der Waals surface area contributed by atoms with Gasteiger partial charge in [-0.1, -0.05) is 35.5 Å². The second-order valence-electron chi connectivity index (χ2n) is 8.27. The van der Waals surface area contributed by atoms with Gasteiger partial charge < -0.3 is 14.3 Å². The highest BCUT2D eigenvalue weighted by molar-refractivity contribution is 5.94. The number of hydrogen-bond donors (Lipinski definition) is 0. The molecule has 0 unspecified atom stereocenters. The molecule has 1 saturated heterocycles. The van der Waals surface area contributed by atoms with Gasteiger partial charge in [-0.3, -0.25) is 14.6 Å². The molecule has 31 heavy (non-hydrogen) atoms. The number of carbonyl (C=O) groups is 2. The average molecular weight is 418 g/mol. The van der Waals surface area contributed by atoms with Gasteiger partial charge in [-0.25, -0.2) is 0 Å². The predicted octanol–water partition coefficient (Wildman–Crippen LogP) is 3.29. The zero-order chi connectivity index (χ0) is 21.8. The number of aromatic nitrogens is 2. The third-order valence-electron chi connectivity index (χ3n) is 5.77. The Labute approximate surface area is 181 Å². The zero-order valence-electron chi connectivity index (χ0n) is 17.8. The fourth-order valence-electron chi connectivity index (χ4n) is 4.32. The van der Waals surface area contributed by atoms with E-state index in [4.69, 9.17) is 4.52 Å². The van der Waals surface area contributed by atoms with E-state index in [1.54, 1.807) is 48.4 Å². The van der Waals surface area contributed by atoms with Crippen LogP contribution in [-0.4, -0.2) is 58.9 Å². The van der Waals surface area contributed by atoms with E-state index < -0.39 is 5.41 Å². The lowest BCUT2D eigenvalue weighted by atomic mass is 9.75. The van der Waals surface area contributed by atoms with Crippen LogP contribution in [0.25, 0.3) is 11.3 Å². The summed E-state index contributed by atoms with van der Waals surface area (Å²) in [4.78, 5) is 33.8. The molecule has 3 aromatic rings. The van der Waals surface area contributed by atoms with Gasteiger partial charge in [-0.15, -0.1) is 0 Å². The van der Waals surface area contributed by atoms with Gasteiger partial charge in [0.1, 0.15) is 11.5 Å². The maximum absolute atomic E-state index is 13.3. The lowest BCUT2D eigenvalue weighted by Crippen LogP contribution is -2.54. The van der Waals surface area contributed by atoms with Gasteiger partial charge in [0.25, 0.3) is 5.91 Å². The van der Waals surface area contributed by atoms with Crippen molar-refractivity contribution in [3.05, 3.63) is 72.2 Å². The molecule has 0 bridgehead atoms. The monoisotopic (exact) mass is 418 g/mol. The maximum Gasteiger partial charge on any atom is 0.255 e. The Balaban J connectivity index is 1.61. The fraction of sp³-hybridized carbons (Fsp3) is 0.333. The highest BCUT2D eigenvalue weighted by atomic mass is 16.5. The van der Waals surface area contributed by atoms with Gasteiger partial charge in [-0.2, -0.15) is 0 Å². The number of nitrogens with zero attached hydrogens (tertiary/aromatic N) is 4. The van der Waals surface area contributed by atoms with E-state index >= 15 is 0 Å². The molecule has 160 valence electrons. The van der Waals surface area contributed by atoms with Crippen LogP contribution in [-0.2, 0) is 11.2 Å². The summed E-state index contributed by atoms with van der Waals surface area (Å²) in [7, 11) is 3.50. The van der Waals surface area contributed by atoms with Crippen molar-refractivity contribution in [2.45, 2.75) is 19.3 Å². The van der Waals surface area contributed by atoms with E-state index in [0.717, 1.165) is 17.7 Å². The lowest BCUT2D eigenvalue weighted by Gasteiger charge is -2.42. The zero-order valence-corrected chi connectivity index (χ0v) is 17.8. The summed E-state index contributed by atoms with van der Waals surface area (Å²) in [6.07, 6.45) is 5.02. The highest BCUT2D eigenvalue weighted by Crippen LogP contribution is 2.37. The average Bonchev–Trinajstić information content (AvgIpc) is 3.27. The highest BCUT2D eigenvalue weighted by Gasteiger charge is 2.45. The van der Waals surface area contributed by atoms with Gasteiger partial charge >= 0.3 is 0 Å². The van der Waals surface area contributed by atoms with E-state index in [1.807, 2.05) is 36.4 Å². The number of piperidine rings is 1. The summed E-state index contributed by atoms with van der Waals surface area (Å²) in [6.45, 7) is 0.945. The number of pyridine rings is 1. The van der Waals surface area contributed by atoms with Crippen LogP contribution in [0.4, 0.5) is 0 Å². The van der Waals surface area contributed by atoms with Crippen molar-refractivity contribution in [1.29, 1.82) is 0 Å². The normalized spacial score (nSPS) is 18.6. The van der Waals surface area contributed by atoms with Crippen molar-refractivity contribution in [1.82, 2.24) is 19.9 Å². The Hall–Kier alpha value is -3.48. The van der Waals surface area contributed by atoms with Crippen LogP contribution in [0.5, 0.6) is 0 Å². The Morgan fingerprint density at radius 1 is 1.16 bits per heavy atom. The maximum atomic E-state index is 13.3. The molecule has 2 aromatic heterocycles. The minimum absolute atomic E-state index is 0.00570. The molecule has 0 aliphatic carbocycles. The lowest BCUT2D eigenvalue weighted by molar-refractivity contribution is -0.142. The van der Waals surface area contributed by atoms with Gasteiger partial charge in [0, 0.05) is 57.6 Å². The molecule has 1 atom stereocenters. The van der Waals surface area contributed by atoms with Gasteiger partial charge in [-0.05, 0) is 25.0 Å². The third-order valence-corrected chi connectivity index (χ3v) is 5.77. The standard InChI is InChI=1S/C24H26N4O3/c1-27(2)23(30)24(15-20-14-21(26-31-20)18-8-4-3-5-9-18)11-7-13-28(17-24)22(29)19-10-6-12-25-16-19/h3-6,8-10,12,14,16H,7,11,13,15,17H2,1-2H3/t24-/m0/s1. The first-order valence-electron chi connectivity index (χ1n) is 10.4. The number of likely N-dealkylation sites (tertiary alicyclic amines) is 1. The van der Waals surface area contributed by atoms with Gasteiger partial charge in [0.2, 0.25) is 5.91 Å². The van der Waals surface area contributed by atoms with E-state index in [1.165, 1.54) is 0 Å². The molecular weight excluding hydrogens is 392 g/mol. The molecule has 0 spiro atoms. The summed E-state index contributed by atoms with van der Waals surface area (Å²) in [6, 6.07) is 15.2.